The normalized spacial score (nSPS) is 24.3. The largest absolute Gasteiger partial charge is 0.481 e. The first-order valence-electron chi connectivity index (χ1n) is 9.33. The van der Waals surface area contributed by atoms with Gasteiger partial charge in [-0.1, -0.05) is 18.2 Å². The summed E-state index contributed by atoms with van der Waals surface area (Å²) in [5.41, 5.74) is 3.25. The van der Waals surface area contributed by atoms with Crippen LogP contribution in [0, 0.1) is 5.92 Å². The molecule has 7 heteroatoms. The number of carbonyl (C=O) groups is 2. The molecule has 3 unspecified atom stereocenters. The van der Waals surface area contributed by atoms with E-state index in [1.54, 1.807) is 15.8 Å². The number of nitrogens with one attached hydrogen (secondary N) is 1. The number of carboxylic acid groups (broad SMARTS) is 1. The Labute approximate surface area is 158 Å². The second kappa shape index (κ2) is 7.06. The summed E-state index contributed by atoms with van der Waals surface area (Å²) >= 11 is 0. The van der Waals surface area contributed by atoms with Crippen molar-refractivity contribution in [2.45, 2.75) is 24.7 Å². The lowest BCUT2D eigenvalue weighted by Gasteiger charge is -2.36. The average molecular weight is 368 g/mol. The highest BCUT2D eigenvalue weighted by Crippen LogP contribution is 2.35. The number of likely N-dealkylation sites (tertiary alicyclic amines) is 1. The minimum absolute atomic E-state index is 0.00601. The smallest absolute Gasteiger partial charge is 0.308 e. The number of rotatable bonds is 4. The number of aliphatic carboxylic acids is 1. The molecule has 1 aromatic carbocycles. The molecule has 1 saturated heterocycles. The molecule has 0 radical (unpaired) electrons. The van der Waals surface area contributed by atoms with Crippen LogP contribution < -0.4 is 5.32 Å². The van der Waals surface area contributed by atoms with Crippen LogP contribution in [-0.4, -0.2) is 51.3 Å². The zero-order valence-electron chi connectivity index (χ0n) is 15.3. The highest BCUT2D eigenvalue weighted by Gasteiger charge is 2.36. The molecule has 4 rings (SSSR count). The van der Waals surface area contributed by atoms with Crippen molar-refractivity contribution in [1.82, 2.24) is 14.7 Å². The molecular formula is C20H24N4O3. The summed E-state index contributed by atoms with van der Waals surface area (Å²) in [5.74, 6) is -1.21. The monoisotopic (exact) mass is 368 g/mol. The first-order chi connectivity index (χ1) is 13.0. The third-order valence-corrected chi connectivity index (χ3v) is 5.71. The Balaban J connectivity index is 1.49. The van der Waals surface area contributed by atoms with Crippen molar-refractivity contribution >= 4 is 17.6 Å². The Morgan fingerprint density at radius 3 is 2.85 bits per heavy atom. The Morgan fingerprint density at radius 1 is 1.30 bits per heavy atom. The number of hydrogen-bond acceptors (Lipinski definition) is 4. The zero-order valence-corrected chi connectivity index (χ0v) is 15.3. The summed E-state index contributed by atoms with van der Waals surface area (Å²) in [6, 6.07) is 8.06. The number of nitrogens with zero attached hydrogens (tertiary/aromatic N) is 3. The van der Waals surface area contributed by atoms with Gasteiger partial charge in [0.2, 0.25) is 5.91 Å². The third-order valence-electron chi connectivity index (χ3n) is 5.71. The van der Waals surface area contributed by atoms with Crippen molar-refractivity contribution in [3.05, 3.63) is 47.8 Å². The summed E-state index contributed by atoms with van der Waals surface area (Å²) in [5, 5.41) is 17.1. The van der Waals surface area contributed by atoms with Gasteiger partial charge in [-0.05, 0) is 23.6 Å². The van der Waals surface area contributed by atoms with E-state index in [0.29, 0.717) is 19.4 Å². The van der Waals surface area contributed by atoms with Crippen LogP contribution in [0.25, 0.3) is 0 Å². The molecule has 2 aliphatic heterocycles. The van der Waals surface area contributed by atoms with Crippen LogP contribution >= 0.6 is 0 Å². The number of carboxylic acids is 1. The SMILES string of the molecule is Cn1cc(C2CC(C(=O)O)CN(C(=O)CC3CNc4ccccc43)C2)cn1. The van der Waals surface area contributed by atoms with Crippen LogP contribution in [0.15, 0.2) is 36.7 Å². The van der Waals surface area contributed by atoms with Crippen LogP contribution in [-0.2, 0) is 16.6 Å². The van der Waals surface area contributed by atoms with E-state index in [1.807, 2.05) is 31.4 Å². The predicted molar refractivity (Wildman–Crippen MR) is 101 cm³/mol. The molecule has 1 fully saturated rings. The maximum atomic E-state index is 13.0. The maximum absolute atomic E-state index is 13.0. The predicted octanol–water partition coefficient (Wildman–Crippen LogP) is 2.04. The van der Waals surface area contributed by atoms with Crippen LogP contribution in [0.5, 0.6) is 0 Å². The maximum Gasteiger partial charge on any atom is 0.308 e. The van der Waals surface area contributed by atoms with Gasteiger partial charge in [-0.3, -0.25) is 14.3 Å². The van der Waals surface area contributed by atoms with Gasteiger partial charge in [-0.2, -0.15) is 5.10 Å². The fourth-order valence-electron chi connectivity index (χ4n) is 4.25. The van der Waals surface area contributed by atoms with E-state index in [9.17, 15) is 14.7 Å². The molecule has 0 spiro atoms. The molecule has 1 aromatic heterocycles. The van der Waals surface area contributed by atoms with E-state index in [1.165, 1.54) is 5.56 Å². The molecule has 142 valence electrons. The van der Waals surface area contributed by atoms with Gasteiger partial charge in [0.25, 0.3) is 0 Å². The minimum Gasteiger partial charge on any atom is -0.481 e. The molecule has 27 heavy (non-hydrogen) atoms. The van der Waals surface area contributed by atoms with Gasteiger partial charge < -0.3 is 15.3 Å². The Kier molecular flexibility index (Phi) is 4.59. The van der Waals surface area contributed by atoms with Crippen molar-refractivity contribution in [3.8, 4) is 0 Å². The van der Waals surface area contributed by atoms with Crippen LogP contribution in [0.2, 0.25) is 0 Å². The number of amides is 1. The molecule has 0 bridgehead atoms. The van der Waals surface area contributed by atoms with E-state index < -0.39 is 11.9 Å². The van der Waals surface area contributed by atoms with Crippen LogP contribution in [0.4, 0.5) is 5.69 Å². The van der Waals surface area contributed by atoms with Crippen molar-refractivity contribution in [2.75, 3.05) is 25.0 Å². The number of piperidine rings is 1. The van der Waals surface area contributed by atoms with Gasteiger partial charge in [-0.25, -0.2) is 0 Å². The topological polar surface area (TPSA) is 87.5 Å². The van der Waals surface area contributed by atoms with Crippen LogP contribution in [0.3, 0.4) is 0 Å². The number of aromatic nitrogens is 2. The fraction of sp³-hybridized carbons (Fsp3) is 0.450. The Morgan fingerprint density at radius 2 is 2.11 bits per heavy atom. The quantitative estimate of drug-likeness (QED) is 0.862. The minimum atomic E-state index is -0.839. The molecule has 2 N–H and O–H groups in total. The van der Waals surface area contributed by atoms with Gasteiger partial charge in [-0.15, -0.1) is 0 Å². The first-order valence-corrected chi connectivity index (χ1v) is 9.33. The van der Waals surface area contributed by atoms with Gasteiger partial charge in [0.15, 0.2) is 0 Å². The zero-order chi connectivity index (χ0) is 19.0. The van der Waals surface area contributed by atoms with Crippen molar-refractivity contribution < 1.29 is 14.7 Å². The summed E-state index contributed by atoms with van der Waals surface area (Å²) in [6.45, 7) is 1.58. The Bertz CT molecular complexity index is 862. The highest BCUT2D eigenvalue weighted by molar-refractivity contribution is 5.80. The second-order valence-corrected chi connectivity index (χ2v) is 7.58. The second-order valence-electron chi connectivity index (χ2n) is 7.58. The summed E-state index contributed by atoms with van der Waals surface area (Å²) < 4.78 is 1.72. The fourth-order valence-corrected chi connectivity index (χ4v) is 4.25. The molecule has 7 nitrogen and oxygen atoms in total. The molecular weight excluding hydrogens is 344 g/mol. The summed E-state index contributed by atoms with van der Waals surface area (Å²) in [4.78, 5) is 26.4. The third kappa shape index (κ3) is 3.54. The standard InChI is InChI=1S/C20H24N4O3/c1-23-10-16(9-22-23)14-6-15(20(26)27)12-24(11-14)19(25)7-13-8-21-18-5-3-2-4-17(13)18/h2-5,9-10,13-15,21H,6-8,11-12H2,1H3,(H,26,27). The number of carbonyl (C=O) groups excluding carboxylic acids is 1. The lowest BCUT2D eigenvalue weighted by Crippen LogP contribution is -2.45. The average Bonchev–Trinajstić information content (AvgIpc) is 3.28. The summed E-state index contributed by atoms with van der Waals surface area (Å²) in [7, 11) is 1.84. The number of anilines is 1. The summed E-state index contributed by atoms with van der Waals surface area (Å²) in [6.07, 6.45) is 4.62. The van der Waals surface area contributed by atoms with Gasteiger partial charge in [0.1, 0.15) is 0 Å². The molecule has 3 atom stereocenters. The molecule has 2 aromatic rings. The highest BCUT2D eigenvalue weighted by atomic mass is 16.4. The van der Waals surface area contributed by atoms with Crippen molar-refractivity contribution in [2.24, 2.45) is 13.0 Å². The molecule has 0 saturated carbocycles. The number of aryl methyl sites for hydroxylation is 1. The molecule has 3 heterocycles. The Hall–Kier alpha value is -2.83. The molecule has 2 aliphatic rings. The first kappa shape index (κ1) is 17.6. The van der Waals surface area contributed by atoms with Gasteiger partial charge in [0.05, 0.1) is 12.1 Å². The lowest BCUT2D eigenvalue weighted by molar-refractivity contribution is -0.146. The van der Waals surface area contributed by atoms with E-state index in [4.69, 9.17) is 0 Å². The van der Waals surface area contributed by atoms with Crippen molar-refractivity contribution in [1.29, 1.82) is 0 Å². The van der Waals surface area contributed by atoms with Crippen LogP contribution in [0.1, 0.15) is 35.8 Å². The lowest BCUT2D eigenvalue weighted by atomic mass is 9.85. The number of fused-ring (bicyclic) bond motifs is 1. The molecule has 0 aliphatic carbocycles. The van der Waals surface area contributed by atoms with E-state index >= 15 is 0 Å². The van der Waals surface area contributed by atoms with Gasteiger partial charge in [0, 0.05) is 56.8 Å². The van der Waals surface area contributed by atoms with E-state index in [-0.39, 0.29) is 24.3 Å². The molecule has 1 amide bonds. The number of benzene rings is 1. The number of hydrogen-bond donors (Lipinski definition) is 2. The van der Waals surface area contributed by atoms with Gasteiger partial charge >= 0.3 is 5.97 Å². The van der Waals surface area contributed by atoms with E-state index in [0.717, 1.165) is 17.8 Å². The number of para-hydroxylation sites is 1. The van der Waals surface area contributed by atoms with Crippen molar-refractivity contribution in [3.63, 3.8) is 0 Å². The van der Waals surface area contributed by atoms with E-state index in [2.05, 4.69) is 16.5 Å².